The Morgan fingerprint density at radius 2 is 1.59 bits per heavy atom. The van der Waals surface area contributed by atoms with Crippen LogP contribution in [0.2, 0.25) is 0 Å². The number of benzene rings is 3. The van der Waals surface area contributed by atoms with Crippen molar-refractivity contribution in [1.82, 2.24) is 4.72 Å². The van der Waals surface area contributed by atoms with Crippen LogP contribution in [0.5, 0.6) is 11.5 Å². The minimum atomic E-state index is -3.70. The third-order valence-electron chi connectivity index (χ3n) is 5.11. The summed E-state index contributed by atoms with van der Waals surface area (Å²) < 4.78 is 37.6. The Kier molecular flexibility index (Phi) is 6.53. The van der Waals surface area contributed by atoms with E-state index in [1.54, 1.807) is 62.4 Å². The molecular formula is C24H23N3O6S. The van der Waals surface area contributed by atoms with Crippen molar-refractivity contribution in [3.05, 3.63) is 77.4 Å². The molecule has 1 heterocycles. The van der Waals surface area contributed by atoms with Crippen LogP contribution in [0.4, 0.5) is 11.4 Å². The molecule has 0 atom stereocenters. The third-order valence-corrected chi connectivity index (χ3v) is 6.65. The number of sulfonamides is 1. The van der Waals surface area contributed by atoms with Crippen LogP contribution in [0.15, 0.2) is 65.6 Å². The average molecular weight is 482 g/mol. The molecule has 34 heavy (non-hydrogen) atoms. The molecule has 0 saturated heterocycles. The molecule has 0 radical (unpaired) electrons. The van der Waals surface area contributed by atoms with Crippen LogP contribution in [-0.2, 0) is 10.0 Å². The summed E-state index contributed by atoms with van der Waals surface area (Å²) in [6.07, 6.45) is 0. The number of rotatable bonds is 7. The summed E-state index contributed by atoms with van der Waals surface area (Å²) in [4.78, 5) is 25.5. The summed E-state index contributed by atoms with van der Waals surface area (Å²) in [7, 11) is -3.70. The number of carbonyl (C=O) groups is 2. The van der Waals surface area contributed by atoms with E-state index in [2.05, 4.69) is 15.4 Å². The first-order valence-electron chi connectivity index (χ1n) is 10.5. The van der Waals surface area contributed by atoms with Gasteiger partial charge in [-0.2, -0.15) is 0 Å². The van der Waals surface area contributed by atoms with Gasteiger partial charge in [-0.1, -0.05) is 19.1 Å². The summed E-state index contributed by atoms with van der Waals surface area (Å²) in [5, 5.41) is 5.54. The molecule has 176 valence electrons. The van der Waals surface area contributed by atoms with Gasteiger partial charge in [-0.25, -0.2) is 13.1 Å². The topological polar surface area (TPSA) is 123 Å². The van der Waals surface area contributed by atoms with Gasteiger partial charge in [0.15, 0.2) is 11.5 Å². The van der Waals surface area contributed by atoms with Crippen LogP contribution >= 0.6 is 0 Å². The number of ether oxygens (including phenoxy) is 2. The third kappa shape index (κ3) is 5.03. The summed E-state index contributed by atoms with van der Waals surface area (Å²) in [6.45, 7) is 3.76. The predicted molar refractivity (Wildman–Crippen MR) is 127 cm³/mol. The number of hydrogen-bond acceptors (Lipinski definition) is 6. The lowest BCUT2D eigenvalue weighted by atomic mass is 10.1. The van der Waals surface area contributed by atoms with Crippen LogP contribution in [0.25, 0.3) is 0 Å². The van der Waals surface area contributed by atoms with Crippen LogP contribution in [0, 0.1) is 6.92 Å². The van der Waals surface area contributed by atoms with Crippen LogP contribution in [0.1, 0.15) is 33.2 Å². The molecule has 0 aliphatic carbocycles. The molecule has 0 unspecified atom stereocenters. The first kappa shape index (κ1) is 23.3. The van der Waals surface area contributed by atoms with E-state index in [0.29, 0.717) is 34.0 Å². The first-order valence-corrected chi connectivity index (χ1v) is 12.0. The van der Waals surface area contributed by atoms with E-state index in [0.717, 1.165) is 0 Å². The monoisotopic (exact) mass is 481 g/mol. The van der Waals surface area contributed by atoms with E-state index < -0.39 is 15.9 Å². The summed E-state index contributed by atoms with van der Waals surface area (Å²) >= 11 is 0. The highest BCUT2D eigenvalue weighted by Crippen LogP contribution is 2.32. The number of anilines is 2. The summed E-state index contributed by atoms with van der Waals surface area (Å²) in [6, 6.07) is 15.9. The van der Waals surface area contributed by atoms with Crippen LogP contribution in [-0.4, -0.2) is 33.6 Å². The highest BCUT2D eigenvalue weighted by atomic mass is 32.2. The fraction of sp³-hybridized carbons (Fsp3) is 0.167. The van der Waals surface area contributed by atoms with E-state index in [1.165, 1.54) is 12.1 Å². The van der Waals surface area contributed by atoms with Gasteiger partial charge in [-0.3, -0.25) is 9.59 Å². The van der Waals surface area contributed by atoms with E-state index in [4.69, 9.17) is 9.47 Å². The Balaban J connectivity index is 1.49. The lowest BCUT2D eigenvalue weighted by Gasteiger charge is -2.12. The van der Waals surface area contributed by atoms with Crippen molar-refractivity contribution >= 4 is 33.2 Å². The number of aryl methyl sites for hydroxylation is 1. The maximum absolute atomic E-state index is 12.9. The number of nitrogens with one attached hydrogen (secondary N) is 3. The van der Waals surface area contributed by atoms with Crippen molar-refractivity contribution in [2.45, 2.75) is 18.7 Å². The van der Waals surface area contributed by atoms with E-state index in [9.17, 15) is 18.0 Å². The van der Waals surface area contributed by atoms with Gasteiger partial charge in [-0.15, -0.1) is 0 Å². The van der Waals surface area contributed by atoms with Gasteiger partial charge >= 0.3 is 0 Å². The highest BCUT2D eigenvalue weighted by Gasteiger charge is 2.18. The van der Waals surface area contributed by atoms with Crippen molar-refractivity contribution in [3.63, 3.8) is 0 Å². The highest BCUT2D eigenvalue weighted by molar-refractivity contribution is 7.89. The van der Waals surface area contributed by atoms with Gasteiger partial charge < -0.3 is 20.1 Å². The van der Waals surface area contributed by atoms with Crippen molar-refractivity contribution in [3.8, 4) is 11.5 Å². The minimum absolute atomic E-state index is 0.00911. The number of carbonyl (C=O) groups excluding carboxylic acids is 2. The summed E-state index contributed by atoms with van der Waals surface area (Å²) in [5.41, 5.74) is 2.16. The molecule has 1 aliphatic heterocycles. The standard InChI is InChI=1S/C24H23N3O6S/c1-3-25-34(30,31)19-9-7-15(2)20(13-19)24(29)27-18-6-4-5-17(12-18)26-23(28)16-8-10-21-22(11-16)33-14-32-21/h4-13,25H,3,14H2,1-2H3,(H,26,28)(H,27,29). The van der Waals surface area contributed by atoms with Gasteiger partial charge in [0.1, 0.15) is 0 Å². The molecule has 0 aromatic heterocycles. The molecule has 2 amide bonds. The molecule has 3 N–H and O–H groups in total. The van der Waals surface area contributed by atoms with Gasteiger partial charge in [0.2, 0.25) is 16.8 Å². The maximum atomic E-state index is 12.9. The van der Waals surface area contributed by atoms with E-state index >= 15 is 0 Å². The second-order valence-electron chi connectivity index (χ2n) is 7.54. The normalized spacial score (nSPS) is 12.3. The van der Waals surface area contributed by atoms with Crippen molar-refractivity contribution < 1.29 is 27.5 Å². The smallest absolute Gasteiger partial charge is 0.255 e. The number of amides is 2. The lowest BCUT2D eigenvalue weighted by molar-refractivity contribution is 0.101. The van der Waals surface area contributed by atoms with E-state index in [1.807, 2.05) is 0 Å². The van der Waals surface area contributed by atoms with Crippen LogP contribution < -0.4 is 24.8 Å². The Hall–Kier alpha value is -3.89. The number of fused-ring (bicyclic) bond motifs is 1. The molecule has 0 spiro atoms. The van der Waals surface area contributed by atoms with Crippen molar-refractivity contribution in [2.24, 2.45) is 0 Å². The second-order valence-corrected chi connectivity index (χ2v) is 9.30. The predicted octanol–water partition coefficient (Wildman–Crippen LogP) is 3.53. The van der Waals surface area contributed by atoms with Crippen molar-refractivity contribution in [1.29, 1.82) is 0 Å². The zero-order valence-electron chi connectivity index (χ0n) is 18.5. The lowest BCUT2D eigenvalue weighted by Crippen LogP contribution is -2.24. The fourth-order valence-electron chi connectivity index (χ4n) is 3.40. The van der Waals surface area contributed by atoms with Gasteiger partial charge in [-0.05, 0) is 61.0 Å². The Labute approximate surface area is 197 Å². The second kappa shape index (κ2) is 9.54. The largest absolute Gasteiger partial charge is 0.454 e. The molecule has 10 heteroatoms. The molecule has 4 rings (SSSR count). The Morgan fingerprint density at radius 1 is 0.882 bits per heavy atom. The zero-order chi connectivity index (χ0) is 24.3. The zero-order valence-corrected chi connectivity index (χ0v) is 19.4. The molecule has 1 aliphatic rings. The molecule has 0 saturated carbocycles. The van der Waals surface area contributed by atoms with Gasteiger partial charge in [0.25, 0.3) is 11.8 Å². The summed E-state index contributed by atoms with van der Waals surface area (Å²) in [5.74, 6) is 0.269. The average Bonchev–Trinajstić information content (AvgIpc) is 3.27. The molecule has 3 aromatic rings. The SMILES string of the molecule is CCNS(=O)(=O)c1ccc(C)c(C(=O)Nc2cccc(NC(=O)c3ccc4c(c3)OCO4)c2)c1. The molecule has 3 aromatic carbocycles. The van der Waals surface area contributed by atoms with Crippen molar-refractivity contribution in [2.75, 3.05) is 24.0 Å². The molecule has 9 nitrogen and oxygen atoms in total. The van der Waals surface area contributed by atoms with Gasteiger partial charge in [0, 0.05) is 29.0 Å². The first-order chi connectivity index (χ1) is 16.3. The van der Waals surface area contributed by atoms with Gasteiger partial charge in [0.05, 0.1) is 4.90 Å². The Morgan fingerprint density at radius 3 is 2.32 bits per heavy atom. The van der Waals surface area contributed by atoms with Crippen LogP contribution in [0.3, 0.4) is 0 Å². The molecule has 0 fully saturated rings. The quantitative estimate of drug-likeness (QED) is 0.475. The minimum Gasteiger partial charge on any atom is -0.454 e. The fourth-order valence-corrected chi connectivity index (χ4v) is 4.47. The molecular weight excluding hydrogens is 458 g/mol. The molecule has 0 bridgehead atoms. The maximum Gasteiger partial charge on any atom is 0.255 e. The Bertz CT molecular complexity index is 1370. The number of hydrogen-bond donors (Lipinski definition) is 3. The van der Waals surface area contributed by atoms with E-state index in [-0.39, 0.29) is 29.7 Å².